The van der Waals surface area contributed by atoms with Gasteiger partial charge >= 0.3 is 0 Å². The van der Waals surface area contributed by atoms with Gasteiger partial charge in [-0.3, -0.25) is 0 Å². The molecule has 160 valence electrons. The predicted molar refractivity (Wildman–Crippen MR) is 117 cm³/mol. The van der Waals surface area contributed by atoms with Gasteiger partial charge < -0.3 is 14.2 Å². The fourth-order valence-electron chi connectivity index (χ4n) is 3.85. The van der Waals surface area contributed by atoms with Gasteiger partial charge in [-0.15, -0.1) is 0 Å². The lowest BCUT2D eigenvalue weighted by Crippen LogP contribution is -2.34. The highest BCUT2D eigenvalue weighted by Crippen LogP contribution is 2.34. The largest absolute Gasteiger partial charge is 0.465 e. The molecule has 1 saturated heterocycles. The molecule has 0 amide bonds. The summed E-state index contributed by atoms with van der Waals surface area (Å²) in [4.78, 5) is 0. The molecule has 0 aromatic heterocycles. The normalized spacial score (nSPS) is 18.7. The number of hydrogen-bond donors (Lipinski definition) is 0. The average Bonchev–Trinajstić information content (AvgIpc) is 2.59. The smallest absolute Gasteiger partial charge is 0.200 e. The van der Waals surface area contributed by atoms with Crippen LogP contribution in [-0.4, -0.2) is 25.6 Å². The van der Waals surface area contributed by atoms with E-state index in [0.717, 1.165) is 44.6 Å². The Kier molecular flexibility index (Phi) is 8.39. The van der Waals surface area contributed by atoms with Gasteiger partial charge in [0.25, 0.3) is 0 Å². The third-order valence-electron chi connectivity index (χ3n) is 5.26. The second-order valence-electron chi connectivity index (χ2n) is 10.7. The highest BCUT2D eigenvalue weighted by molar-refractivity contribution is 5.29. The second-order valence-corrected chi connectivity index (χ2v) is 10.7. The molecule has 1 aromatic rings. The van der Waals surface area contributed by atoms with Gasteiger partial charge in [0, 0.05) is 19.6 Å². The highest BCUT2D eigenvalue weighted by atomic mass is 16.7. The standard InChI is InChI=1S/C25H42O3/c1-8-19(17-24(2,3)4)20-9-11-21(12-10-20)27-23(18-25(5,6)7)28-22-13-15-26-16-14-22/h9-12,19,22-23H,8,13-18H2,1-7H3. The molecule has 3 nitrogen and oxygen atoms in total. The summed E-state index contributed by atoms with van der Waals surface area (Å²) < 4.78 is 18.1. The Bertz CT molecular complexity index is 559. The summed E-state index contributed by atoms with van der Waals surface area (Å²) in [6.45, 7) is 17.5. The fourth-order valence-corrected chi connectivity index (χ4v) is 3.85. The van der Waals surface area contributed by atoms with E-state index in [4.69, 9.17) is 14.2 Å². The van der Waals surface area contributed by atoms with Crippen LogP contribution >= 0.6 is 0 Å². The first-order chi connectivity index (χ1) is 13.1. The third-order valence-corrected chi connectivity index (χ3v) is 5.26. The maximum Gasteiger partial charge on any atom is 0.200 e. The molecule has 1 aliphatic rings. The van der Waals surface area contributed by atoms with E-state index in [1.165, 1.54) is 12.0 Å². The van der Waals surface area contributed by atoms with Crippen molar-refractivity contribution in [2.24, 2.45) is 10.8 Å². The van der Waals surface area contributed by atoms with Crippen molar-refractivity contribution in [3.05, 3.63) is 29.8 Å². The van der Waals surface area contributed by atoms with Crippen LogP contribution in [0.4, 0.5) is 0 Å². The van der Waals surface area contributed by atoms with E-state index in [1.54, 1.807) is 0 Å². The molecule has 0 spiro atoms. The van der Waals surface area contributed by atoms with Gasteiger partial charge in [0.15, 0.2) is 0 Å². The quantitative estimate of drug-likeness (QED) is 0.449. The van der Waals surface area contributed by atoms with Crippen LogP contribution in [0.25, 0.3) is 0 Å². The molecule has 0 N–H and O–H groups in total. The molecule has 0 bridgehead atoms. The summed E-state index contributed by atoms with van der Waals surface area (Å²) in [6, 6.07) is 8.70. The van der Waals surface area contributed by atoms with Crippen molar-refractivity contribution >= 4 is 0 Å². The fraction of sp³-hybridized carbons (Fsp3) is 0.760. The Labute approximate surface area is 173 Å². The molecule has 2 atom stereocenters. The van der Waals surface area contributed by atoms with E-state index in [9.17, 15) is 0 Å². The van der Waals surface area contributed by atoms with Crippen LogP contribution < -0.4 is 4.74 Å². The molecule has 0 saturated carbocycles. The van der Waals surface area contributed by atoms with Gasteiger partial charge in [0.2, 0.25) is 6.29 Å². The van der Waals surface area contributed by atoms with E-state index in [0.29, 0.717) is 11.3 Å². The van der Waals surface area contributed by atoms with E-state index >= 15 is 0 Å². The first kappa shape index (κ1) is 23.2. The Morgan fingerprint density at radius 3 is 2.00 bits per heavy atom. The van der Waals surface area contributed by atoms with Crippen LogP contribution in [0.3, 0.4) is 0 Å². The number of hydrogen-bond acceptors (Lipinski definition) is 3. The highest BCUT2D eigenvalue weighted by Gasteiger charge is 2.26. The molecule has 1 heterocycles. The maximum atomic E-state index is 6.33. The van der Waals surface area contributed by atoms with Crippen LogP contribution in [0.2, 0.25) is 0 Å². The monoisotopic (exact) mass is 390 g/mol. The summed E-state index contributed by atoms with van der Waals surface area (Å²) >= 11 is 0. The molecule has 1 fully saturated rings. The topological polar surface area (TPSA) is 27.7 Å². The van der Waals surface area contributed by atoms with Gasteiger partial charge in [0.05, 0.1) is 6.10 Å². The van der Waals surface area contributed by atoms with Crippen molar-refractivity contribution in [2.75, 3.05) is 13.2 Å². The number of rotatable bonds is 8. The first-order valence-corrected chi connectivity index (χ1v) is 11.1. The van der Waals surface area contributed by atoms with Crippen molar-refractivity contribution in [1.29, 1.82) is 0 Å². The summed E-state index contributed by atoms with van der Waals surface area (Å²) in [6.07, 6.45) is 5.15. The maximum absolute atomic E-state index is 6.33. The Morgan fingerprint density at radius 1 is 0.929 bits per heavy atom. The van der Waals surface area contributed by atoms with E-state index < -0.39 is 0 Å². The SMILES string of the molecule is CCC(CC(C)(C)C)c1ccc(OC(CC(C)(C)C)OC2CCOCC2)cc1. The van der Waals surface area contributed by atoms with Crippen molar-refractivity contribution in [1.82, 2.24) is 0 Å². The molecule has 0 aliphatic carbocycles. The van der Waals surface area contributed by atoms with Gasteiger partial charge in [0.1, 0.15) is 5.75 Å². The summed E-state index contributed by atoms with van der Waals surface area (Å²) in [5.41, 5.74) is 1.89. The molecular formula is C25H42O3. The Balaban J connectivity index is 2.04. The second kappa shape index (κ2) is 10.1. The van der Waals surface area contributed by atoms with Crippen molar-refractivity contribution in [2.45, 2.75) is 98.9 Å². The van der Waals surface area contributed by atoms with Crippen LogP contribution in [0, 0.1) is 10.8 Å². The van der Waals surface area contributed by atoms with Crippen molar-refractivity contribution in [3.8, 4) is 5.75 Å². The van der Waals surface area contributed by atoms with Crippen LogP contribution in [-0.2, 0) is 9.47 Å². The molecule has 2 rings (SSSR count). The zero-order valence-corrected chi connectivity index (χ0v) is 19.2. The molecular weight excluding hydrogens is 348 g/mol. The summed E-state index contributed by atoms with van der Waals surface area (Å²) in [7, 11) is 0. The van der Waals surface area contributed by atoms with Crippen molar-refractivity contribution < 1.29 is 14.2 Å². The molecule has 3 heteroatoms. The molecule has 0 radical (unpaired) electrons. The van der Waals surface area contributed by atoms with Crippen LogP contribution in [0.15, 0.2) is 24.3 Å². The summed E-state index contributed by atoms with van der Waals surface area (Å²) in [5, 5.41) is 0. The van der Waals surface area contributed by atoms with E-state index in [1.807, 2.05) is 0 Å². The number of ether oxygens (including phenoxy) is 3. The van der Waals surface area contributed by atoms with Crippen molar-refractivity contribution in [3.63, 3.8) is 0 Å². The van der Waals surface area contributed by atoms with Gasteiger partial charge in [-0.25, -0.2) is 0 Å². The Hall–Kier alpha value is -1.06. The molecule has 1 aliphatic heterocycles. The van der Waals surface area contributed by atoms with E-state index in [-0.39, 0.29) is 17.8 Å². The first-order valence-electron chi connectivity index (χ1n) is 11.1. The average molecular weight is 391 g/mol. The van der Waals surface area contributed by atoms with E-state index in [2.05, 4.69) is 72.7 Å². The zero-order valence-electron chi connectivity index (χ0n) is 19.2. The van der Waals surface area contributed by atoms with Gasteiger partial charge in [-0.1, -0.05) is 60.6 Å². The lowest BCUT2D eigenvalue weighted by molar-refractivity contribution is -0.155. The molecule has 28 heavy (non-hydrogen) atoms. The third kappa shape index (κ3) is 8.53. The minimum absolute atomic E-state index is 0.149. The van der Waals surface area contributed by atoms with Gasteiger partial charge in [-0.2, -0.15) is 0 Å². The van der Waals surface area contributed by atoms with Crippen LogP contribution in [0.1, 0.15) is 92.1 Å². The number of benzene rings is 1. The molecule has 1 aromatic carbocycles. The lowest BCUT2D eigenvalue weighted by Gasteiger charge is -2.31. The van der Waals surface area contributed by atoms with Crippen LogP contribution in [0.5, 0.6) is 5.75 Å². The minimum Gasteiger partial charge on any atom is -0.465 e. The minimum atomic E-state index is -0.217. The zero-order chi connectivity index (χ0) is 20.8. The lowest BCUT2D eigenvalue weighted by atomic mass is 9.80. The van der Waals surface area contributed by atoms with Gasteiger partial charge in [-0.05, 0) is 60.1 Å². The molecule has 2 unspecified atom stereocenters. The predicted octanol–water partition coefficient (Wildman–Crippen LogP) is 6.95. The Morgan fingerprint density at radius 2 is 1.50 bits per heavy atom. The summed E-state index contributed by atoms with van der Waals surface area (Å²) in [5.74, 6) is 1.49.